The van der Waals surface area contributed by atoms with E-state index in [1.54, 1.807) is 55.8 Å². The van der Waals surface area contributed by atoms with Crippen molar-refractivity contribution in [1.82, 2.24) is 123 Å². The van der Waals surface area contributed by atoms with Gasteiger partial charge in [0.2, 0.25) is 29.7 Å². The lowest BCUT2D eigenvalue weighted by Gasteiger charge is -2.36. The molecule has 112 heavy (non-hydrogen) atoms. The van der Waals surface area contributed by atoms with E-state index in [1.807, 2.05) is 87.4 Å². The van der Waals surface area contributed by atoms with E-state index in [2.05, 4.69) is 132 Å². The Bertz CT molecular complexity index is 5180. The van der Waals surface area contributed by atoms with Crippen LogP contribution >= 0.6 is 0 Å². The van der Waals surface area contributed by atoms with Crippen molar-refractivity contribution in [3.8, 4) is 5.88 Å². The van der Waals surface area contributed by atoms with Gasteiger partial charge in [0.1, 0.15) is 51.6 Å². The molecule has 4 atom stereocenters. The van der Waals surface area contributed by atoms with E-state index >= 15 is 0 Å². The van der Waals surface area contributed by atoms with Crippen LogP contribution in [0.5, 0.6) is 5.88 Å². The third kappa shape index (κ3) is 17.1. The third-order valence-corrected chi connectivity index (χ3v) is 19.1. The number of rotatable bonds is 19. The van der Waals surface area contributed by atoms with Gasteiger partial charge in [-0.05, 0) is 85.6 Å². The number of aryl methyl sites for hydroxylation is 5. The predicted octanol–water partition coefficient (Wildman–Crippen LogP) is 13.2. The van der Waals surface area contributed by atoms with Crippen LogP contribution in [-0.2, 0) is 37.8 Å². The van der Waals surface area contributed by atoms with Gasteiger partial charge in [-0.25, -0.2) is 34.6 Å². The maximum Gasteiger partial charge on any atom is 0.423 e. The molecule has 2 aliphatic heterocycles. The Hall–Kier alpha value is -12.5. The summed E-state index contributed by atoms with van der Waals surface area (Å²) in [4.78, 5) is 39.4. The summed E-state index contributed by atoms with van der Waals surface area (Å²) in [6, 6.07) is 3.08. The van der Waals surface area contributed by atoms with Gasteiger partial charge < -0.3 is 51.1 Å². The van der Waals surface area contributed by atoms with Crippen molar-refractivity contribution in [1.29, 1.82) is 0 Å². The molecule has 0 spiro atoms. The zero-order chi connectivity index (χ0) is 79.6. The number of hydrogen-bond acceptors (Lipinski definition) is 25. The minimum atomic E-state index is -4.59. The molecular weight excluding hydrogens is 1500 g/mol. The van der Waals surface area contributed by atoms with Crippen LogP contribution in [0.3, 0.4) is 0 Å². The molecule has 0 bridgehead atoms. The van der Waals surface area contributed by atoms with Crippen molar-refractivity contribution in [3.63, 3.8) is 0 Å². The number of ether oxygens (including phenoxy) is 1. The second-order valence-electron chi connectivity index (χ2n) is 26.2. The number of alkyl halides is 12. The smallest absolute Gasteiger partial charge is 0.423 e. The zero-order valence-corrected chi connectivity index (χ0v) is 61.0. The van der Waals surface area contributed by atoms with Crippen LogP contribution in [-0.4, -0.2) is 151 Å². The van der Waals surface area contributed by atoms with E-state index in [0.717, 1.165) is 93.8 Å². The highest BCUT2D eigenvalue weighted by Crippen LogP contribution is 2.44. The van der Waals surface area contributed by atoms with E-state index < -0.39 is 52.8 Å². The molecule has 592 valence electrons. The Morgan fingerprint density at radius 1 is 0.455 bits per heavy atom. The largest absolute Gasteiger partial charge is 0.477 e. The summed E-state index contributed by atoms with van der Waals surface area (Å²) in [6.07, 6.45) is 12.9. The van der Waals surface area contributed by atoms with Crippen molar-refractivity contribution in [2.24, 2.45) is 0 Å². The molecule has 0 radical (unpaired) electrons. The average molecular weight is 1570 g/mol. The number of anilines is 11. The van der Waals surface area contributed by atoms with E-state index in [1.165, 1.54) is 21.1 Å². The molecule has 7 N–H and O–H groups in total. The van der Waals surface area contributed by atoms with Crippen LogP contribution in [0.2, 0.25) is 0 Å². The van der Waals surface area contributed by atoms with Crippen LogP contribution in [0, 0.1) is 27.7 Å². The topological polar surface area (TPSA) is 352 Å². The summed E-state index contributed by atoms with van der Waals surface area (Å²) < 4.78 is 176. The van der Waals surface area contributed by atoms with Gasteiger partial charge in [0.15, 0.2) is 0 Å². The molecule has 14 heterocycles. The van der Waals surface area contributed by atoms with Crippen LogP contribution in [0.15, 0.2) is 105 Å². The molecule has 0 aromatic carbocycles. The molecule has 2 saturated carbocycles. The van der Waals surface area contributed by atoms with Crippen LogP contribution in [0.1, 0.15) is 145 Å². The summed E-state index contributed by atoms with van der Waals surface area (Å²) in [5.41, 5.74) is 2.83. The molecule has 4 aliphatic rings. The Morgan fingerprint density at radius 3 is 1.45 bits per heavy atom. The van der Waals surface area contributed by atoms with Crippen LogP contribution < -0.4 is 42.0 Å². The second kappa shape index (κ2) is 31.8. The molecule has 33 nitrogen and oxygen atoms in total. The number of hydrogen-bond donors (Lipinski definition) is 7. The van der Waals surface area contributed by atoms with Gasteiger partial charge in [-0.2, -0.15) is 98.1 Å². The minimum absolute atomic E-state index is 0.00650. The average Bonchev–Trinajstić information content (AvgIpc) is 1.61. The molecule has 2 fully saturated rings. The van der Waals surface area contributed by atoms with E-state index in [-0.39, 0.29) is 78.1 Å². The van der Waals surface area contributed by atoms with Gasteiger partial charge in [0.25, 0.3) is 0 Å². The summed E-state index contributed by atoms with van der Waals surface area (Å²) in [7, 11) is 4.15. The maximum atomic E-state index is 13.1. The van der Waals surface area contributed by atoms with E-state index in [4.69, 9.17) is 4.74 Å². The Kier molecular flexibility index (Phi) is 22.1. The third-order valence-electron chi connectivity index (χ3n) is 19.1. The molecule has 2 aliphatic carbocycles. The number of halogens is 12. The molecule has 0 saturated heterocycles. The normalized spacial score (nSPS) is 17.9. The molecule has 12 aromatic rings. The lowest BCUT2D eigenvalue weighted by Crippen LogP contribution is -2.30. The summed E-state index contributed by atoms with van der Waals surface area (Å²) >= 11 is 0. The molecule has 12 aromatic heterocycles. The lowest BCUT2D eigenvalue weighted by molar-refractivity contribution is -0.140. The molecule has 0 amide bonds. The monoisotopic (exact) mass is 1570 g/mol. The van der Waals surface area contributed by atoms with Gasteiger partial charge >= 0.3 is 24.7 Å². The fraction of sp³-hybridized carbons (Fsp3) is 0.418. The van der Waals surface area contributed by atoms with Crippen molar-refractivity contribution in [2.45, 2.75) is 154 Å². The number of nitrogens with zero attached hydrogens (tertiary/aromatic N) is 25. The fourth-order valence-corrected chi connectivity index (χ4v) is 13.3. The summed E-state index contributed by atoms with van der Waals surface area (Å²) in [5.74, 6) is -0.223. The van der Waals surface area contributed by atoms with Crippen molar-refractivity contribution >= 4 is 64.0 Å². The van der Waals surface area contributed by atoms with Crippen LogP contribution in [0.25, 0.3) is 0 Å². The molecule has 45 heteroatoms. The number of imidazole rings is 2. The first-order chi connectivity index (χ1) is 53.4. The van der Waals surface area contributed by atoms with Crippen molar-refractivity contribution < 1.29 is 57.4 Å². The highest BCUT2D eigenvalue weighted by atomic mass is 19.4. The summed E-state index contributed by atoms with van der Waals surface area (Å²) in [6.45, 7) is 10.7. The molecule has 16 rings (SSSR count). The zero-order valence-electron chi connectivity index (χ0n) is 61.0. The minimum Gasteiger partial charge on any atom is -0.477 e. The Morgan fingerprint density at radius 2 is 0.938 bits per heavy atom. The van der Waals surface area contributed by atoms with E-state index in [9.17, 15) is 52.7 Å². The van der Waals surface area contributed by atoms with Gasteiger partial charge in [-0.15, -0.1) is 5.10 Å². The van der Waals surface area contributed by atoms with Gasteiger partial charge in [0, 0.05) is 109 Å². The van der Waals surface area contributed by atoms with Gasteiger partial charge in [-0.3, -0.25) is 23.4 Å². The molecular formula is C67H74F12N32O. The first-order valence-corrected chi connectivity index (χ1v) is 35.0. The van der Waals surface area contributed by atoms with Gasteiger partial charge in [-0.1, -0.05) is 5.21 Å². The maximum absolute atomic E-state index is 13.1. The van der Waals surface area contributed by atoms with Crippen molar-refractivity contribution in [3.05, 3.63) is 162 Å². The second-order valence-corrected chi connectivity index (χ2v) is 26.2. The van der Waals surface area contributed by atoms with Crippen LogP contribution in [0.4, 0.5) is 117 Å². The Balaban J connectivity index is 0.000000131. The van der Waals surface area contributed by atoms with E-state index in [0.29, 0.717) is 52.1 Å². The SMILES string of the molecule is CCOc1nc(Nc2cn(C3CCn4ccnc43)nc2C)ncc1C(F)(F)F.CNc1nc(Nc2cn(C3CCC(n4ccnn4)C3)nc2C)ncc1C(F)(F)F.CNc1nc(Nc2cn(C3CCn4cncc43)nc2C)ncc1C(F)(F)F.CNc1nc(Nc2cnn(C3CC(n4cccn4)C3)c2C)ncc1C(F)(F)F. The standard InChI is InChI=1S/C17H20F3N9.C17H19F3N8.C17H18F3N7O.C16H17F3N8/c1-10-14(24-16-22-8-13(17(18,19)20)15(21-2)25-16)9-29(26-10)12-4-3-11(7-12)28-6-5-23-27-28;1-10-14(25-16-22-8-13(17(18,19)20)15(21-2)26-16)9-24-28(10)12-6-11(7-12)27-5-3-4-23-27;1-3-28-15-11(17(18,19)20)8-22-16(24-15)23-12-9-27(25-10(12)2)13-4-6-26-7-5-21-14(13)26;1-9-11(7-27(25-9)12-3-4-26-8-21-6-13(12)26)23-15-22-5-10(16(17,18)19)14(20-2)24-15/h5-6,8-9,11-12H,3-4,7H2,1-2H3,(H2,21,22,24,25);3-5,8-9,11-12H,6-7H2,1-2H3,(H2,21,22,25,26);5,7-9,13H,3-4,6H2,1-2H3,(H,22,23,24);5-8,12H,3-4H2,1-2H3,(H2,20,22,23,24). The summed E-state index contributed by atoms with van der Waals surface area (Å²) in [5, 5.41) is 49.4. The fourth-order valence-electron chi connectivity index (χ4n) is 13.3. The predicted molar refractivity (Wildman–Crippen MR) is 380 cm³/mol. The first-order valence-electron chi connectivity index (χ1n) is 35.0. The first kappa shape index (κ1) is 77.6. The van der Waals surface area contributed by atoms with Gasteiger partial charge in [0.05, 0.1) is 113 Å². The highest BCUT2D eigenvalue weighted by molar-refractivity contribution is 5.61. The number of fused-ring (bicyclic) bond motifs is 2. The quantitative estimate of drug-likeness (QED) is 0.0370. The number of aromatic nitrogens is 25. The van der Waals surface area contributed by atoms with Crippen molar-refractivity contribution in [2.75, 3.05) is 65.0 Å². The number of nitrogens with one attached hydrogen (secondary N) is 7. The lowest BCUT2D eigenvalue weighted by atomic mass is 9.87. The molecule has 4 unspecified atom stereocenters. The Labute approximate surface area is 628 Å². The highest BCUT2D eigenvalue weighted by Gasteiger charge is 2.40.